The van der Waals surface area contributed by atoms with Crippen molar-refractivity contribution in [3.8, 4) is 5.75 Å². The van der Waals surface area contributed by atoms with Crippen LogP contribution in [-0.2, 0) is 14.8 Å². The molecule has 0 heterocycles. The van der Waals surface area contributed by atoms with E-state index in [-0.39, 0.29) is 10.6 Å². The summed E-state index contributed by atoms with van der Waals surface area (Å²) in [6.07, 6.45) is 0. The number of methoxy groups -OCH3 is 1. The molecule has 0 aromatic heterocycles. The fraction of sp³-hybridized carbons (Fsp3) is 0.133. The zero-order valence-electron chi connectivity index (χ0n) is 12.0. The lowest BCUT2D eigenvalue weighted by Crippen LogP contribution is -2.35. The molecule has 0 aliphatic heterocycles. The van der Waals surface area contributed by atoms with Gasteiger partial charge in [-0.2, -0.15) is 0 Å². The summed E-state index contributed by atoms with van der Waals surface area (Å²) in [6.45, 7) is 1.14. The second kappa shape index (κ2) is 6.15. The lowest BCUT2D eigenvalue weighted by molar-refractivity contribution is -0.115. The molecular weight excluding hydrogens is 309 g/mol. The average Bonchev–Trinajstić information content (AvgIpc) is 2.48. The molecule has 2 rings (SSSR count). The van der Waals surface area contributed by atoms with Gasteiger partial charge in [0.2, 0.25) is 5.91 Å². The first-order chi connectivity index (χ1) is 10.4. The van der Waals surface area contributed by atoms with Gasteiger partial charge in [-0.25, -0.2) is 17.1 Å². The van der Waals surface area contributed by atoms with Crippen molar-refractivity contribution in [1.29, 1.82) is 0 Å². The standard InChI is InChI=1S/C15H14FNO4S/c1-11(18)17(13-5-7-14(21-2)8-6-13)22(19,20)15-9-3-12(16)4-10-15/h3-10H,1-2H3. The van der Waals surface area contributed by atoms with Gasteiger partial charge in [-0.05, 0) is 48.5 Å². The summed E-state index contributed by atoms with van der Waals surface area (Å²) in [6, 6.07) is 10.3. The first kappa shape index (κ1) is 16.0. The lowest BCUT2D eigenvalue weighted by Gasteiger charge is -2.21. The summed E-state index contributed by atoms with van der Waals surface area (Å²) in [5.41, 5.74) is 0.178. The zero-order chi connectivity index (χ0) is 16.3. The molecule has 0 unspecified atom stereocenters. The first-order valence-corrected chi connectivity index (χ1v) is 7.76. The summed E-state index contributed by atoms with van der Waals surface area (Å²) < 4.78 is 43.8. The van der Waals surface area contributed by atoms with Crippen molar-refractivity contribution in [3.63, 3.8) is 0 Å². The quantitative estimate of drug-likeness (QED) is 0.867. The third kappa shape index (κ3) is 3.09. The third-order valence-electron chi connectivity index (χ3n) is 2.94. The Morgan fingerprint density at radius 3 is 2.05 bits per heavy atom. The molecule has 0 aliphatic rings. The highest BCUT2D eigenvalue weighted by atomic mass is 32.2. The molecule has 0 atom stereocenters. The van der Waals surface area contributed by atoms with Gasteiger partial charge in [0.25, 0.3) is 10.0 Å². The number of ether oxygens (including phenoxy) is 1. The van der Waals surface area contributed by atoms with Crippen molar-refractivity contribution in [2.75, 3.05) is 11.4 Å². The van der Waals surface area contributed by atoms with Crippen LogP contribution in [0.3, 0.4) is 0 Å². The van der Waals surface area contributed by atoms with Crippen molar-refractivity contribution in [2.24, 2.45) is 0 Å². The number of hydrogen-bond acceptors (Lipinski definition) is 4. The van der Waals surface area contributed by atoms with Gasteiger partial charge in [0, 0.05) is 6.92 Å². The van der Waals surface area contributed by atoms with Gasteiger partial charge in [0.05, 0.1) is 17.7 Å². The van der Waals surface area contributed by atoms with Crippen LogP contribution in [0.15, 0.2) is 53.4 Å². The van der Waals surface area contributed by atoms with Gasteiger partial charge in [-0.15, -0.1) is 0 Å². The van der Waals surface area contributed by atoms with E-state index in [9.17, 15) is 17.6 Å². The van der Waals surface area contributed by atoms with Gasteiger partial charge in [-0.1, -0.05) is 0 Å². The Morgan fingerprint density at radius 1 is 1.05 bits per heavy atom. The number of anilines is 1. The largest absolute Gasteiger partial charge is 0.497 e. The Labute approximate surface area is 128 Å². The minimum Gasteiger partial charge on any atom is -0.497 e. The van der Waals surface area contributed by atoms with Crippen molar-refractivity contribution in [2.45, 2.75) is 11.8 Å². The molecule has 22 heavy (non-hydrogen) atoms. The van der Waals surface area contributed by atoms with Gasteiger partial charge < -0.3 is 4.74 Å². The predicted molar refractivity (Wildman–Crippen MR) is 79.7 cm³/mol. The second-order valence-electron chi connectivity index (χ2n) is 4.44. The Hall–Kier alpha value is -2.41. The van der Waals surface area contributed by atoms with Crippen LogP contribution in [0, 0.1) is 5.82 Å². The van der Waals surface area contributed by atoms with Crippen LogP contribution in [0.4, 0.5) is 10.1 Å². The van der Waals surface area contributed by atoms with Crippen LogP contribution in [0.1, 0.15) is 6.92 Å². The van der Waals surface area contributed by atoms with Gasteiger partial charge in [-0.3, -0.25) is 4.79 Å². The molecule has 0 bridgehead atoms. The minimum atomic E-state index is -4.11. The van der Waals surface area contributed by atoms with E-state index in [0.717, 1.165) is 31.2 Å². The Morgan fingerprint density at radius 2 is 1.59 bits per heavy atom. The molecule has 0 saturated carbocycles. The maximum atomic E-state index is 13.0. The van der Waals surface area contributed by atoms with E-state index in [2.05, 4.69) is 0 Å². The van der Waals surface area contributed by atoms with Gasteiger partial charge in [0.1, 0.15) is 11.6 Å². The highest BCUT2D eigenvalue weighted by Gasteiger charge is 2.28. The Kier molecular flexibility index (Phi) is 4.46. The molecule has 116 valence electrons. The maximum absolute atomic E-state index is 13.0. The zero-order valence-corrected chi connectivity index (χ0v) is 12.8. The summed E-state index contributed by atoms with van der Waals surface area (Å²) >= 11 is 0. The summed E-state index contributed by atoms with van der Waals surface area (Å²) in [7, 11) is -2.63. The molecule has 2 aromatic rings. The fourth-order valence-electron chi connectivity index (χ4n) is 1.92. The third-order valence-corrected chi connectivity index (χ3v) is 4.76. The van der Waals surface area contributed by atoms with E-state index in [4.69, 9.17) is 4.74 Å². The van der Waals surface area contributed by atoms with E-state index in [1.54, 1.807) is 12.1 Å². The van der Waals surface area contributed by atoms with Crippen LogP contribution in [-0.4, -0.2) is 21.4 Å². The number of rotatable bonds is 4. The number of halogens is 1. The molecule has 0 spiro atoms. The SMILES string of the molecule is COc1ccc(N(C(C)=O)S(=O)(=O)c2ccc(F)cc2)cc1. The van der Waals surface area contributed by atoms with E-state index in [0.29, 0.717) is 10.1 Å². The summed E-state index contributed by atoms with van der Waals surface area (Å²) in [4.78, 5) is 11.7. The monoisotopic (exact) mass is 323 g/mol. The molecule has 7 heteroatoms. The summed E-state index contributed by atoms with van der Waals surface area (Å²) in [5, 5.41) is 0. The highest BCUT2D eigenvalue weighted by Crippen LogP contribution is 2.26. The minimum absolute atomic E-state index is 0.167. The first-order valence-electron chi connectivity index (χ1n) is 6.32. The molecule has 0 fully saturated rings. The number of carbonyl (C=O) groups is 1. The van der Waals surface area contributed by atoms with E-state index >= 15 is 0 Å². The molecule has 0 aliphatic carbocycles. The van der Waals surface area contributed by atoms with Crippen LogP contribution in [0.2, 0.25) is 0 Å². The smallest absolute Gasteiger partial charge is 0.270 e. The fourth-order valence-corrected chi connectivity index (χ4v) is 3.35. The highest BCUT2D eigenvalue weighted by molar-refractivity contribution is 7.93. The molecule has 0 radical (unpaired) electrons. The second-order valence-corrected chi connectivity index (χ2v) is 6.23. The normalized spacial score (nSPS) is 11.0. The van der Waals surface area contributed by atoms with E-state index in [1.807, 2.05) is 0 Å². The van der Waals surface area contributed by atoms with E-state index < -0.39 is 21.7 Å². The maximum Gasteiger partial charge on any atom is 0.270 e. The van der Waals surface area contributed by atoms with Crippen LogP contribution < -0.4 is 9.04 Å². The number of amides is 1. The van der Waals surface area contributed by atoms with Gasteiger partial charge in [0.15, 0.2) is 0 Å². The number of benzene rings is 2. The molecule has 2 aromatic carbocycles. The van der Waals surface area contributed by atoms with Crippen molar-refractivity contribution in [3.05, 3.63) is 54.3 Å². The lowest BCUT2D eigenvalue weighted by atomic mass is 10.3. The van der Waals surface area contributed by atoms with Crippen molar-refractivity contribution < 1.29 is 22.3 Å². The Bertz CT molecular complexity index is 770. The molecular formula is C15H14FNO4S. The molecule has 5 nitrogen and oxygen atoms in total. The average molecular weight is 323 g/mol. The molecule has 0 saturated heterocycles. The number of carbonyl (C=O) groups excluding carboxylic acids is 1. The number of nitrogens with zero attached hydrogens (tertiary/aromatic N) is 1. The van der Waals surface area contributed by atoms with Gasteiger partial charge >= 0.3 is 0 Å². The molecule has 0 N–H and O–H groups in total. The van der Waals surface area contributed by atoms with Crippen LogP contribution >= 0.6 is 0 Å². The topological polar surface area (TPSA) is 63.7 Å². The predicted octanol–water partition coefficient (Wildman–Crippen LogP) is 2.58. The van der Waals surface area contributed by atoms with Crippen LogP contribution in [0.25, 0.3) is 0 Å². The number of hydrogen-bond donors (Lipinski definition) is 0. The van der Waals surface area contributed by atoms with Crippen molar-refractivity contribution >= 4 is 21.6 Å². The molecule has 1 amide bonds. The van der Waals surface area contributed by atoms with Crippen LogP contribution in [0.5, 0.6) is 5.75 Å². The Balaban J connectivity index is 2.50. The number of sulfonamides is 1. The van der Waals surface area contributed by atoms with Crippen molar-refractivity contribution in [1.82, 2.24) is 0 Å². The summed E-state index contributed by atoms with van der Waals surface area (Å²) in [5.74, 6) is -0.696. The van der Waals surface area contributed by atoms with E-state index in [1.165, 1.54) is 19.2 Å².